The van der Waals surface area contributed by atoms with Crippen molar-refractivity contribution in [2.75, 3.05) is 26.7 Å². The van der Waals surface area contributed by atoms with Crippen LogP contribution in [0.5, 0.6) is 0 Å². The number of hydrogen-bond acceptors (Lipinski definition) is 2. The molecule has 1 atom stereocenters. The van der Waals surface area contributed by atoms with Crippen LogP contribution in [0.15, 0.2) is 0 Å². The SMILES string of the molecule is CCC(C)CN(C)CC1(CNC(C)(C)C)CCC(C)CC1. The van der Waals surface area contributed by atoms with Gasteiger partial charge in [0, 0.05) is 25.2 Å². The van der Waals surface area contributed by atoms with Crippen molar-refractivity contribution in [1.82, 2.24) is 10.2 Å². The van der Waals surface area contributed by atoms with Gasteiger partial charge in [0.2, 0.25) is 0 Å². The van der Waals surface area contributed by atoms with Gasteiger partial charge in [-0.05, 0) is 57.9 Å². The molecule has 1 fully saturated rings. The highest BCUT2D eigenvalue weighted by atomic mass is 15.1. The summed E-state index contributed by atoms with van der Waals surface area (Å²) in [5.41, 5.74) is 0.716. The molecule has 1 aliphatic carbocycles. The van der Waals surface area contributed by atoms with Crippen LogP contribution in [-0.4, -0.2) is 37.1 Å². The standard InChI is InChI=1S/C19H40N2/c1-8-16(2)13-21(7)15-19(14-20-18(4,5)6)11-9-17(3)10-12-19/h16-17,20H,8-15H2,1-7H3. The number of rotatable bonds is 7. The normalized spacial score (nSPS) is 28.9. The Hall–Kier alpha value is -0.0800. The zero-order chi connectivity index (χ0) is 16.1. The van der Waals surface area contributed by atoms with Gasteiger partial charge in [0.15, 0.2) is 0 Å². The van der Waals surface area contributed by atoms with Crippen LogP contribution in [0.3, 0.4) is 0 Å². The van der Waals surface area contributed by atoms with Crippen LogP contribution in [0.2, 0.25) is 0 Å². The van der Waals surface area contributed by atoms with Crippen molar-refractivity contribution in [2.45, 2.75) is 79.2 Å². The van der Waals surface area contributed by atoms with Gasteiger partial charge in [0.05, 0.1) is 0 Å². The van der Waals surface area contributed by atoms with Crippen LogP contribution in [0.1, 0.15) is 73.6 Å². The van der Waals surface area contributed by atoms with E-state index in [1.807, 2.05) is 0 Å². The third-order valence-electron chi connectivity index (χ3n) is 5.25. The van der Waals surface area contributed by atoms with Gasteiger partial charge in [0.1, 0.15) is 0 Å². The monoisotopic (exact) mass is 296 g/mol. The number of nitrogens with zero attached hydrogens (tertiary/aromatic N) is 1. The molecule has 0 aromatic rings. The summed E-state index contributed by atoms with van der Waals surface area (Å²) < 4.78 is 0. The fourth-order valence-electron chi connectivity index (χ4n) is 3.52. The van der Waals surface area contributed by atoms with Gasteiger partial charge in [-0.3, -0.25) is 0 Å². The third-order valence-corrected chi connectivity index (χ3v) is 5.25. The maximum absolute atomic E-state index is 3.79. The Balaban J connectivity index is 2.63. The minimum absolute atomic E-state index is 0.228. The Bertz CT molecular complexity index is 284. The largest absolute Gasteiger partial charge is 0.311 e. The smallest absolute Gasteiger partial charge is 0.00967 e. The van der Waals surface area contributed by atoms with E-state index in [4.69, 9.17) is 0 Å². The second-order valence-electron chi connectivity index (χ2n) is 9.00. The van der Waals surface area contributed by atoms with Crippen LogP contribution < -0.4 is 5.32 Å². The van der Waals surface area contributed by atoms with E-state index in [-0.39, 0.29) is 5.54 Å². The maximum Gasteiger partial charge on any atom is 0.00967 e. The summed E-state index contributed by atoms with van der Waals surface area (Å²) >= 11 is 0. The Labute approximate surface area is 134 Å². The quantitative estimate of drug-likeness (QED) is 0.741. The molecular weight excluding hydrogens is 256 g/mol. The number of hydrogen-bond donors (Lipinski definition) is 1. The Morgan fingerprint density at radius 2 is 1.81 bits per heavy atom. The topological polar surface area (TPSA) is 15.3 Å². The summed E-state index contributed by atoms with van der Waals surface area (Å²) in [7, 11) is 2.32. The van der Waals surface area contributed by atoms with E-state index in [1.54, 1.807) is 0 Å². The van der Waals surface area contributed by atoms with Crippen LogP contribution in [0.25, 0.3) is 0 Å². The molecule has 1 aliphatic rings. The average molecular weight is 297 g/mol. The molecule has 1 rings (SSSR count). The summed E-state index contributed by atoms with van der Waals surface area (Å²) in [5, 5.41) is 3.79. The van der Waals surface area contributed by atoms with E-state index in [1.165, 1.54) is 51.7 Å². The molecule has 0 aromatic carbocycles. The fourth-order valence-corrected chi connectivity index (χ4v) is 3.52. The van der Waals surface area contributed by atoms with Gasteiger partial charge >= 0.3 is 0 Å². The summed E-state index contributed by atoms with van der Waals surface area (Å²) in [4.78, 5) is 2.59. The molecule has 1 saturated carbocycles. The molecule has 0 aromatic heterocycles. The Morgan fingerprint density at radius 1 is 1.24 bits per heavy atom. The molecule has 126 valence electrons. The van der Waals surface area contributed by atoms with Crippen LogP contribution in [-0.2, 0) is 0 Å². The molecule has 0 heterocycles. The minimum Gasteiger partial charge on any atom is -0.311 e. The molecule has 21 heavy (non-hydrogen) atoms. The van der Waals surface area contributed by atoms with E-state index < -0.39 is 0 Å². The lowest BCUT2D eigenvalue weighted by atomic mass is 9.70. The van der Waals surface area contributed by atoms with E-state index >= 15 is 0 Å². The molecule has 2 heteroatoms. The second kappa shape index (κ2) is 7.97. The summed E-state index contributed by atoms with van der Waals surface area (Å²) in [6, 6.07) is 0. The predicted octanol–water partition coefficient (Wildman–Crippen LogP) is 4.55. The van der Waals surface area contributed by atoms with Crippen LogP contribution in [0, 0.1) is 17.3 Å². The summed E-state index contributed by atoms with van der Waals surface area (Å²) in [6.45, 7) is 17.6. The molecule has 0 spiro atoms. The van der Waals surface area contributed by atoms with Gasteiger partial charge in [-0.1, -0.05) is 40.0 Å². The average Bonchev–Trinajstić information content (AvgIpc) is 2.39. The van der Waals surface area contributed by atoms with Crippen molar-refractivity contribution >= 4 is 0 Å². The minimum atomic E-state index is 0.228. The van der Waals surface area contributed by atoms with Crippen molar-refractivity contribution < 1.29 is 0 Å². The van der Waals surface area contributed by atoms with Crippen molar-refractivity contribution in [3.63, 3.8) is 0 Å². The molecule has 0 bridgehead atoms. The van der Waals surface area contributed by atoms with Crippen LogP contribution in [0.4, 0.5) is 0 Å². The van der Waals surface area contributed by atoms with Crippen molar-refractivity contribution in [1.29, 1.82) is 0 Å². The first kappa shape index (κ1) is 19.0. The van der Waals surface area contributed by atoms with Crippen LogP contribution >= 0.6 is 0 Å². The Morgan fingerprint density at radius 3 is 2.29 bits per heavy atom. The lowest BCUT2D eigenvalue weighted by Crippen LogP contribution is -2.50. The first-order valence-electron chi connectivity index (χ1n) is 9.09. The highest BCUT2D eigenvalue weighted by Crippen LogP contribution is 2.39. The molecular formula is C19H40N2. The molecule has 0 amide bonds. The summed E-state index contributed by atoms with van der Waals surface area (Å²) in [5.74, 6) is 1.73. The number of nitrogens with one attached hydrogen (secondary N) is 1. The van der Waals surface area contributed by atoms with Gasteiger partial charge < -0.3 is 10.2 Å². The highest BCUT2D eigenvalue weighted by molar-refractivity contribution is 4.91. The van der Waals surface area contributed by atoms with Crippen molar-refractivity contribution in [3.05, 3.63) is 0 Å². The lowest BCUT2D eigenvalue weighted by molar-refractivity contribution is 0.0854. The van der Waals surface area contributed by atoms with Crippen molar-refractivity contribution in [2.24, 2.45) is 17.3 Å². The van der Waals surface area contributed by atoms with Gasteiger partial charge in [-0.25, -0.2) is 0 Å². The van der Waals surface area contributed by atoms with E-state index in [0.29, 0.717) is 5.41 Å². The molecule has 0 aliphatic heterocycles. The lowest BCUT2D eigenvalue weighted by Gasteiger charge is -2.44. The molecule has 1 unspecified atom stereocenters. The first-order chi connectivity index (χ1) is 9.66. The molecule has 0 radical (unpaired) electrons. The predicted molar refractivity (Wildman–Crippen MR) is 94.8 cm³/mol. The summed E-state index contributed by atoms with van der Waals surface area (Å²) in [6.07, 6.45) is 6.88. The molecule has 0 saturated heterocycles. The highest BCUT2D eigenvalue weighted by Gasteiger charge is 2.35. The Kier molecular flexibility index (Phi) is 7.19. The zero-order valence-electron chi connectivity index (χ0n) is 15.8. The van der Waals surface area contributed by atoms with Gasteiger partial charge in [-0.2, -0.15) is 0 Å². The fraction of sp³-hybridized carbons (Fsp3) is 1.00. The van der Waals surface area contributed by atoms with E-state index in [2.05, 4.69) is 58.8 Å². The van der Waals surface area contributed by atoms with E-state index in [9.17, 15) is 0 Å². The third kappa shape index (κ3) is 7.15. The molecule has 2 nitrogen and oxygen atoms in total. The second-order valence-corrected chi connectivity index (χ2v) is 9.00. The van der Waals surface area contributed by atoms with E-state index in [0.717, 1.165) is 11.8 Å². The zero-order valence-corrected chi connectivity index (χ0v) is 15.8. The maximum atomic E-state index is 3.79. The van der Waals surface area contributed by atoms with Gasteiger partial charge in [0.25, 0.3) is 0 Å². The first-order valence-corrected chi connectivity index (χ1v) is 9.09. The molecule has 1 N–H and O–H groups in total. The van der Waals surface area contributed by atoms with Gasteiger partial charge in [-0.15, -0.1) is 0 Å². The van der Waals surface area contributed by atoms with Crippen molar-refractivity contribution in [3.8, 4) is 0 Å².